The molecule has 0 aromatic heterocycles. The lowest BCUT2D eigenvalue weighted by molar-refractivity contribution is -0.169. The van der Waals surface area contributed by atoms with Crippen LogP contribution in [0.25, 0.3) is 0 Å². The predicted octanol–water partition coefficient (Wildman–Crippen LogP) is 0.164. The fourth-order valence-electron chi connectivity index (χ4n) is 3.70. The molecule has 25 heavy (non-hydrogen) atoms. The molecule has 0 aromatic carbocycles. The van der Waals surface area contributed by atoms with Crippen LogP contribution in [0.2, 0.25) is 0 Å². The van der Waals surface area contributed by atoms with E-state index in [1.54, 1.807) is 19.9 Å². The number of rotatable bonds is 0. The molecule has 0 unspecified atom stereocenters. The number of aliphatic hydroxyl groups is 2. The normalized spacial score (nSPS) is 41.5. The van der Waals surface area contributed by atoms with E-state index in [0.717, 1.165) is 5.57 Å². The number of hydrogen-bond donors (Lipinski definition) is 2. The molecule has 0 aliphatic carbocycles. The van der Waals surface area contributed by atoms with Gasteiger partial charge in [-0.2, -0.15) is 0 Å². The number of nitrogens with zero attached hydrogens (tertiary/aromatic N) is 1. The Balaban J connectivity index is 1.94. The molecule has 3 heterocycles. The summed E-state index contributed by atoms with van der Waals surface area (Å²) in [6.07, 6.45) is 2.25. The van der Waals surface area contributed by atoms with Crippen LogP contribution in [-0.2, 0) is 19.1 Å². The first-order valence-electron chi connectivity index (χ1n) is 8.62. The summed E-state index contributed by atoms with van der Waals surface area (Å²) in [4.78, 5) is 26.9. The SMILES string of the molecule is CC=C1C[C@H](C)[C@](C)(O)C(=O)OCC2=CCN3C[C@@H](O)[C@H](OC1=O)[C@@H]23. The standard InChI is InChI=1S/C18H25NO6/c1-4-11-7-10(2)18(3,23)17(22)24-9-12-5-6-19-8-13(20)15(14(12)19)25-16(11)21/h4-5,10,13-15,20,23H,6-9H2,1-3H3/t10-,13+,14+,15-,18-/m0/s1. The summed E-state index contributed by atoms with van der Waals surface area (Å²) in [5.41, 5.74) is -0.551. The Labute approximate surface area is 146 Å². The minimum atomic E-state index is -1.71. The Kier molecular flexibility index (Phi) is 4.74. The van der Waals surface area contributed by atoms with Gasteiger partial charge in [0.25, 0.3) is 0 Å². The maximum atomic E-state index is 12.6. The van der Waals surface area contributed by atoms with Crippen molar-refractivity contribution in [3.63, 3.8) is 0 Å². The number of carbonyl (C=O) groups excluding carboxylic acids is 2. The lowest BCUT2D eigenvalue weighted by atomic mass is 9.85. The van der Waals surface area contributed by atoms with E-state index >= 15 is 0 Å². The Morgan fingerprint density at radius 2 is 2.12 bits per heavy atom. The molecular formula is C18H25NO6. The minimum absolute atomic E-state index is 0.0140. The van der Waals surface area contributed by atoms with Crippen LogP contribution in [0.1, 0.15) is 27.2 Å². The summed E-state index contributed by atoms with van der Waals surface area (Å²) in [6, 6.07) is -0.299. The molecule has 2 fully saturated rings. The quantitative estimate of drug-likeness (QED) is 0.365. The molecule has 7 heteroatoms. The minimum Gasteiger partial charge on any atom is -0.459 e. The molecule has 0 radical (unpaired) electrons. The number of allylic oxidation sites excluding steroid dienone is 1. The highest BCUT2D eigenvalue weighted by molar-refractivity contribution is 5.89. The van der Waals surface area contributed by atoms with Gasteiger partial charge in [0.15, 0.2) is 5.60 Å². The van der Waals surface area contributed by atoms with Gasteiger partial charge < -0.3 is 19.7 Å². The highest BCUT2D eigenvalue weighted by Crippen LogP contribution is 2.34. The third-order valence-corrected chi connectivity index (χ3v) is 5.60. The van der Waals surface area contributed by atoms with Crippen LogP contribution < -0.4 is 0 Å². The van der Waals surface area contributed by atoms with Crippen LogP contribution >= 0.6 is 0 Å². The average Bonchev–Trinajstić information content (AvgIpc) is 3.08. The van der Waals surface area contributed by atoms with Gasteiger partial charge in [0.2, 0.25) is 0 Å². The van der Waals surface area contributed by atoms with E-state index in [1.165, 1.54) is 6.92 Å². The zero-order chi connectivity index (χ0) is 18.4. The van der Waals surface area contributed by atoms with E-state index in [2.05, 4.69) is 0 Å². The fourth-order valence-corrected chi connectivity index (χ4v) is 3.70. The van der Waals surface area contributed by atoms with Crippen molar-refractivity contribution in [2.24, 2.45) is 5.92 Å². The lowest BCUT2D eigenvalue weighted by Crippen LogP contribution is -2.45. The highest BCUT2D eigenvalue weighted by Gasteiger charge is 2.49. The molecule has 3 aliphatic rings. The van der Waals surface area contributed by atoms with Gasteiger partial charge in [0.05, 0.1) is 6.04 Å². The first-order valence-corrected chi connectivity index (χ1v) is 8.62. The first kappa shape index (κ1) is 18.1. The maximum Gasteiger partial charge on any atom is 0.338 e. The van der Waals surface area contributed by atoms with E-state index in [0.29, 0.717) is 18.7 Å². The Morgan fingerprint density at radius 3 is 2.80 bits per heavy atom. The van der Waals surface area contributed by atoms with Crippen molar-refractivity contribution in [2.45, 2.75) is 51.0 Å². The van der Waals surface area contributed by atoms with Gasteiger partial charge in [-0.15, -0.1) is 0 Å². The van der Waals surface area contributed by atoms with Crippen molar-refractivity contribution in [1.82, 2.24) is 4.90 Å². The molecule has 2 N–H and O–H groups in total. The highest BCUT2D eigenvalue weighted by atomic mass is 16.6. The van der Waals surface area contributed by atoms with Crippen molar-refractivity contribution in [1.29, 1.82) is 0 Å². The number of esters is 2. The third-order valence-electron chi connectivity index (χ3n) is 5.60. The molecule has 0 amide bonds. The van der Waals surface area contributed by atoms with Crippen LogP contribution in [0, 0.1) is 5.92 Å². The molecule has 0 saturated carbocycles. The van der Waals surface area contributed by atoms with Crippen molar-refractivity contribution in [3.05, 3.63) is 23.3 Å². The van der Waals surface area contributed by atoms with Gasteiger partial charge in [0.1, 0.15) is 18.8 Å². The van der Waals surface area contributed by atoms with Crippen LogP contribution in [0.15, 0.2) is 23.3 Å². The van der Waals surface area contributed by atoms with Crippen molar-refractivity contribution >= 4 is 11.9 Å². The second kappa shape index (κ2) is 6.55. The van der Waals surface area contributed by atoms with Crippen molar-refractivity contribution in [2.75, 3.05) is 19.7 Å². The van der Waals surface area contributed by atoms with E-state index in [9.17, 15) is 19.8 Å². The first-order chi connectivity index (χ1) is 11.8. The number of ether oxygens (including phenoxy) is 2. The number of cyclic esters (lactones) is 1. The Morgan fingerprint density at radius 1 is 1.40 bits per heavy atom. The van der Waals surface area contributed by atoms with Gasteiger partial charge in [-0.3, -0.25) is 4.90 Å². The van der Waals surface area contributed by atoms with E-state index < -0.39 is 35.7 Å². The molecule has 0 spiro atoms. The van der Waals surface area contributed by atoms with Crippen LogP contribution in [0.5, 0.6) is 0 Å². The molecule has 5 atom stereocenters. The molecule has 7 nitrogen and oxygen atoms in total. The maximum absolute atomic E-state index is 12.6. The Bertz CT molecular complexity index is 637. The monoisotopic (exact) mass is 351 g/mol. The summed E-state index contributed by atoms with van der Waals surface area (Å²) >= 11 is 0. The summed E-state index contributed by atoms with van der Waals surface area (Å²) in [6.45, 7) is 5.82. The number of carbonyl (C=O) groups is 2. The van der Waals surface area contributed by atoms with Crippen molar-refractivity contribution in [3.8, 4) is 0 Å². The second-order valence-electron chi connectivity index (χ2n) is 7.26. The predicted molar refractivity (Wildman–Crippen MR) is 88.5 cm³/mol. The summed E-state index contributed by atoms with van der Waals surface area (Å²) < 4.78 is 11.0. The van der Waals surface area contributed by atoms with E-state index in [1.807, 2.05) is 11.0 Å². The van der Waals surface area contributed by atoms with Gasteiger partial charge in [-0.25, -0.2) is 9.59 Å². The third kappa shape index (κ3) is 3.12. The van der Waals surface area contributed by atoms with Crippen LogP contribution in [0.4, 0.5) is 0 Å². The zero-order valence-corrected chi connectivity index (χ0v) is 14.8. The largest absolute Gasteiger partial charge is 0.459 e. The summed E-state index contributed by atoms with van der Waals surface area (Å²) in [5.74, 6) is -1.76. The molecule has 3 aliphatic heterocycles. The van der Waals surface area contributed by atoms with Gasteiger partial charge in [-0.05, 0) is 31.8 Å². The zero-order valence-electron chi connectivity index (χ0n) is 14.8. The van der Waals surface area contributed by atoms with E-state index in [4.69, 9.17) is 9.47 Å². The number of hydrogen-bond acceptors (Lipinski definition) is 7. The molecule has 0 bridgehead atoms. The fraction of sp³-hybridized carbons (Fsp3) is 0.667. The number of aliphatic hydroxyl groups excluding tert-OH is 1. The smallest absolute Gasteiger partial charge is 0.338 e. The van der Waals surface area contributed by atoms with Crippen LogP contribution in [-0.4, -0.2) is 70.6 Å². The summed E-state index contributed by atoms with van der Waals surface area (Å²) in [5, 5.41) is 20.9. The van der Waals surface area contributed by atoms with Gasteiger partial charge in [-0.1, -0.05) is 19.1 Å². The summed E-state index contributed by atoms with van der Waals surface area (Å²) in [7, 11) is 0. The van der Waals surface area contributed by atoms with Gasteiger partial charge in [0, 0.05) is 18.7 Å². The lowest BCUT2D eigenvalue weighted by Gasteiger charge is -2.31. The second-order valence-corrected chi connectivity index (χ2v) is 7.26. The topological polar surface area (TPSA) is 96.3 Å². The average molecular weight is 351 g/mol. The van der Waals surface area contributed by atoms with Gasteiger partial charge >= 0.3 is 11.9 Å². The molecule has 0 aromatic rings. The molecule has 2 saturated heterocycles. The molecule has 3 rings (SSSR count). The van der Waals surface area contributed by atoms with Crippen molar-refractivity contribution < 1.29 is 29.3 Å². The molecule has 138 valence electrons. The van der Waals surface area contributed by atoms with E-state index in [-0.39, 0.29) is 19.1 Å². The molecular weight excluding hydrogens is 326 g/mol. The Hall–Kier alpha value is -1.70. The van der Waals surface area contributed by atoms with Crippen LogP contribution in [0.3, 0.4) is 0 Å².